The summed E-state index contributed by atoms with van der Waals surface area (Å²) in [5.41, 5.74) is 5.82. The quantitative estimate of drug-likeness (QED) is 0.821. The van der Waals surface area contributed by atoms with Crippen LogP contribution in [0.4, 0.5) is 0 Å². The normalized spacial score (nSPS) is 21.9. The molecule has 1 aliphatic heterocycles. The van der Waals surface area contributed by atoms with Crippen LogP contribution >= 0.6 is 0 Å². The third-order valence-corrected chi connectivity index (χ3v) is 3.24. The van der Waals surface area contributed by atoms with Crippen LogP contribution in [-0.4, -0.2) is 53.1 Å². The van der Waals surface area contributed by atoms with Gasteiger partial charge in [0, 0.05) is 17.7 Å². The number of carboxylic acids is 1. The molecule has 0 radical (unpaired) electrons. The molecule has 7 heteroatoms. The molecule has 3 N–H and O–H groups in total. The number of ether oxygens (including phenoxy) is 1. The molecular formula is C14H16N2O5. The van der Waals surface area contributed by atoms with Crippen LogP contribution in [0.3, 0.4) is 0 Å². The van der Waals surface area contributed by atoms with Crippen molar-refractivity contribution in [1.29, 1.82) is 0 Å². The maximum absolute atomic E-state index is 12.4. The first kappa shape index (κ1) is 15.0. The molecule has 1 aromatic carbocycles. The number of primary amides is 1. The van der Waals surface area contributed by atoms with E-state index < -0.39 is 18.0 Å². The van der Waals surface area contributed by atoms with Crippen molar-refractivity contribution < 1.29 is 24.2 Å². The number of carboxylic acid groups (broad SMARTS) is 1. The fourth-order valence-corrected chi connectivity index (χ4v) is 2.21. The monoisotopic (exact) mass is 292 g/mol. The fourth-order valence-electron chi connectivity index (χ4n) is 2.21. The number of hydrogen-bond donors (Lipinski definition) is 2. The molecule has 0 aromatic heterocycles. The van der Waals surface area contributed by atoms with E-state index in [4.69, 9.17) is 15.6 Å². The molecule has 0 saturated carbocycles. The van der Waals surface area contributed by atoms with E-state index in [1.165, 1.54) is 29.2 Å². The molecule has 7 nitrogen and oxygen atoms in total. The summed E-state index contributed by atoms with van der Waals surface area (Å²) in [5.74, 6) is -1.96. The van der Waals surface area contributed by atoms with E-state index in [0.29, 0.717) is 17.7 Å². The number of aliphatic carboxylic acids is 1. The molecule has 2 rings (SSSR count). The Bertz CT molecular complexity index is 569. The second kappa shape index (κ2) is 5.92. The van der Waals surface area contributed by atoms with Crippen molar-refractivity contribution in [1.82, 2.24) is 4.90 Å². The van der Waals surface area contributed by atoms with Gasteiger partial charge in [-0.15, -0.1) is 0 Å². The highest BCUT2D eigenvalue weighted by atomic mass is 16.5. The van der Waals surface area contributed by atoms with Crippen molar-refractivity contribution in [2.45, 2.75) is 19.1 Å². The first-order valence-corrected chi connectivity index (χ1v) is 6.46. The lowest BCUT2D eigenvalue weighted by molar-refractivity contribution is -0.160. The van der Waals surface area contributed by atoms with Gasteiger partial charge < -0.3 is 20.5 Å². The molecule has 1 aromatic rings. The number of benzene rings is 1. The standard InChI is InChI=1S/C14H16N2O5/c1-8-6-16(7-11(21-8)14(19)20)13(18)10-4-2-9(3-5-10)12(15)17/h2-5,8,11H,6-7H2,1H3,(H2,15,17)(H,19,20)/t8-,11?/m1/s1. The molecule has 21 heavy (non-hydrogen) atoms. The van der Waals surface area contributed by atoms with Crippen molar-refractivity contribution >= 4 is 17.8 Å². The van der Waals surface area contributed by atoms with Gasteiger partial charge in [0.1, 0.15) is 0 Å². The van der Waals surface area contributed by atoms with Crippen LogP contribution in [0, 0.1) is 0 Å². The number of carbonyl (C=O) groups excluding carboxylic acids is 2. The average Bonchev–Trinajstić information content (AvgIpc) is 2.45. The summed E-state index contributed by atoms with van der Waals surface area (Å²) in [6.07, 6.45) is -1.38. The Morgan fingerprint density at radius 1 is 1.19 bits per heavy atom. The zero-order valence-electron chi connectivity index (χ0n) is 11.5. The summed E-state index contributed by atoms with van der Waals surface area (Å²) in [4.78, 5) is 35.8. The molecule has 112 valence electrons. The van der Waals surface area contributed by atoms with Gasteiger partial charge in [-0.05, 0) is 31.2 Å². The smallest absolute Gasteiger partial charge is 0.334 e. The van der Waals surface area contributed by atoms with E-state index in [-0.39, 0.29) is 18.6 Å². The van der Waals surface area contributed by atoms with Crippen LogP contribution in [-0.2, 0) is 9.53 Å². The third-order valence-electron chi connectivity index (χ3n) is 3.24. The largest absolute Gasteiger partial charge is 0.479 e. The Morgan fingerprint density at radius 2 is 1.76 bits per heavy atom. The van der Waals surface area contributed by atoms with Crippen LogP contribution in [0.2, 0.25) is 0 Å². The summed E-state index contributed by atoms with van der Waals surface area (Å²) in [6.45, 7) is 2.03. The van der Waals surface area contributed by atoms with E-state index in [9.17, 15) is 14.4 Å². The van der Waals surface area contributed by atoms with Gasteiger partial charge in [0.2, 0.25) is 5.91 Å². The first-order chi connectivity index (χ1) is 9.88. The Balaban J connectivity index is 2.14. The number of morpholine rings is 1. The minimum Gasteiger partial charge on any atom is -0.479 e. The molecule has 0 bridgehead atoms. The van der Waals surface area contributed by atoms with Gasteiger partial charge in [-0.3, -0.25) is 9.59 Å². The lowest BCUT2D eigenvalue weighted by Gasteiger charge is -2.35. The van der Waals surface area contributed by atoms with Crippen LogP contribution in [0.25, 0.3) is 0 Å². The second-order valence-corrected chi connectivity index (χ2v) is 4.93. The molecule has 0 aliphatic carbocycles. The summed E-state index contributed by atoms with van der Waals surface area (Å²) in [6, 6.07) is 5.93. The van der Waals surface area contributed by atoms with Crippen LogP contribution in [0.1, 0.15) is 27.6 Å². The predicted molar refractivity (Wildman–Crippen MR) is 72.8 cm³/mol. The van der Waals surface area contributed by atoms with E-state index in [0.717, 1.165) is 0 Å². The van der Waals surface area contributed by atoms with Gasteiger partial charge in [0.25, 0.3) is 5.91 Å². The van der Waals surface area contributed by atoms with Crippen LogP contribution < -0.4 is 5.73 Å². The molecule has 2 atom stereocenters. The summed E-state index contributed by atoms with van der Waals surface area (Å²) in [7, 11) is 0. The number of nitrogens with two attached hydrogens (primary N) is 1. The maximum Gasteiger partial charge on any atom is 0.334 e. The summed E-state index contributed by atoms with van der Waals surface area (Å²) >= 11 is 0. The van der Waals surface area contributed by atoms with Crippen LogP contribution in [0.15, 0.2) is 24.3 Å². The highest BCUT2D eigenvalue weighted by Gasteiger charge is 2.32. The maximum atomic E-state index is 12.4. The Hall–Kier alpha value is -2.41. The molecule has 2 amide bonds. The van der Waals surface area contributed by atoms with Crippen molar-refractivity contribution in [2.75, 3.05) is 13.1 Å². The minimum absolute atomic E-state index is 0.00389. The van der Waals surface area contributed by atoms with Crippen molar-refractivity contribution in [3.8, 4) is 0 Å². The Morgan fingerprint density at radius 3 is 2.29 bits per heavy atom. The van der Waals surface area contributed by atoms with Gasteiger partial charge in [0.15, 0.2) is 6.10 Å². The number of amides is 2. The summed E-state index contributed by atoms with van der Waals surface area (Å²) < 4.78 is 5.26. The van der Waals surface area contributed by atoms with E-state index in [1.807, 2.05) is 0 Å². The molecule has 1 saturated heterocycles. The molecule has 1 fully saturated rings. The fraction of sp³-hybridized carbons (Fsp3) is 0.357. The lowest BCUT2D eigenvalue weighted by atomic mass is 10.1. The lowest BCUT2D eigenvalue weighted by Crippen LogP contribution is -2.51. The van der Waals surface area contributed by atoms with E-state index >= 15 is 0 Å². The molecule has 1 unspecified atom stereocenters. The first-order valence-electron chi connectivity index (χ1n) is 6.46. The van der Waals surface area contributed by atoms with E-state index in [2.05, 4.69) is 0 Å². The number of carbonyl (C=O) groups is 3. The highest BCUT2D eigenvalue weighted by molar-refractivity contribution is 5.97. The zero-order valence-corrected chi connectivity index (χ0v) is 11.5. The highest BCUT2D eigenvalue weighted by Crippen LogP contribution is 2.15. The SMILES string of the molecule is C[C@@H]1CN(C(=O)c2ccc(C(N)=O)cc2)CC(C(=O)O)O1. The number of rotatable bonds is 3. The second-order valence-electron chi connectivity index (χ2n) is 4.93. The van der Waals surface area contributed by atoms with Gasteiger partial charge in [-0.1, -0.05) is 0 Å². The van der Waals surface area contributed by atoms with Crippen LogP contribution in [0.5, 0.6) is 0 Å². The molecule has 1 aliphatic rings. The number of nitrogens with zero attached hydrogens (tertiary/aromatic N) is 1. The van der Waals surface area contributed by atoms with Gasteiger partial charge in [0.05, 0.1) is 12.6 Å². The van der Waals surface area contributed by atoms with Crippen molar-refractivity contribution in [3.05, 3.63) is 35.4 Å². The van der Waals surface area contributed by atoms with Gasteiger partial charge in [-0.2, -0.15) is 0 Å². The average molecular weight is 292 g/mol. The Labute approximate surface area is 121 Å². The van der Waals surface area contributed by atoms with E-state index in [1.54, 1.807) is 6.92 Å². The number of hydrogen-bond acceptors (Lipinski definition) is 4. The topological polar surface area (TPSA) is 110 Å². The van der Waals surface area contributed by atoms with Crippen molar-refractivity contribution in [3.63, 3.8) is 0 Å². The predicted octanol–water partition coefficient (Wildman–Crippen LogP) is 0.0996. The minimum atomic E-state index is -1.09. The van der Waals surface area contributed by atoms with Gasteiger partial charge in [-0.25, -0.2) is 4.79 Å². The van der Waals surface area contributed by atoms with Crippen molar-refractivity contribution in [2.24, 2.45) is 5.73 Å². The third kappa shape index (κ3) is 3.38. The zero-order chi connectivity index (χ0) is 15.6. The molecule has 1 heterocycles. The summed E-state index contributed by atoms with van der Waals surface area (Å²) in [5, 5.41) is 9.01. The molecule has 0 spiro atoms. The molecular weight excluding hydrogens is 276 g/mol. The Kier molecular flexibility index (Phi) is 4.23. The van der Waals surface area contributed by atoms with Gasteiger partial charge >= 0.3 is 5.97 Å².